The number of alkyl carbamates (subject to hydrolysis) is 1. The third-order valence-electron chi connectivity index (χ3n) is 2.15. The van der Waals surface area contributed by atoms with Gasteiger partial charge in [0.1, 0.15) is 23.7 Å². The molecule has 0 bridgehead atoms. The van der Waals surface area contributed by atoms with Crippen molar-refractivity contribution in [2.75, 3.05) is 0 Å². The van der Waals surface area contributed by atoms with Crippen LogP contribution in [-0.2, 0) is 9.53 Å². The van der Waals surface area contributed by atoms with Gasteiger partial charge in [-0.1, -0.05) is 22.0 Å². The van der Waals surface area contributed by atoms with E-state index in [2.05, 4.69) is 21.2 Å². The molecule has 104 valence electrons. The SMILES string of the molecule is CC(C)(C)OC(=O)NC(C=O)c1c(O)cccc1Br. The highest BCUT2D eigenvalue weighted by atomic mass is 79.9. The number of rotatable bonds is 3. The van der Waals surface area contributed by atoms with Crippen molar-refractivity contribution < 1.29 is 19.4 Å². The van der Waals surface area contributed by atoms with Gasteiger partial charge in [-0.2, -0.15) is 0 Å². The van der Waals surface area contributed by atoms with Crippen molar-refractivity contribution in [2.45, 2.75) is 32.4 Å². The van der Waals surface area contributed by atoms with E-state index in [-0.39, 0.29) is 5.75 Å². The Morgan fingerprint density at radius 2 is 2.11 bits per heavy atom. The zero-order valence-electron chi connectivity index (χ0n) is 10.9. The molecule has 0 radical (unpaired) electrons. The summed E-state index contributed by atoms with van der Waals surface area (Å²) in [6, 6.07) is 3.75. The molecule has 0 aromatic heterocycles. The molecule has 0 spiro atoms. The second-order valence-electron chi connectivity index (χ2n) is 4.93. The molecule has 0 heterocycles. The lowest BCUT2D eigenvalue weighted by Gasteiger charge is -2.22. The lowest BCUT2D eigenvalue weighted by Crippen LogP contribution is -2.35. The van der Waals surface area contributed by atoms with Gasteiger partial charge in [-0.05, 0) is 32.9 Å². The summed E-state index contributed by atoms with van der Waals surface area (Å²) in [5.74, 6) is -0.0810. The van der Waals surface area contributed by atoms with Gasteiger partial charge < -0.3 is 20.0 Å². The van der Waals surface area contributed by atoms with Crippen LogP contribution in [0, 0.1) is 0 Å². The maximum absolute atomic E-state index is 11.6. The molecule has 0 saturated carbocycles. The maximum Gasteiger partial charge on any atom is 0.408 e. The molecule has 0 aliphatic rings. The number of ether oxygens (including phenoxy) is 1. The first kappa shape index (κ1) is 15.5. The van der Waals surface area contributed by atoms with Crippen LogP contribution in [-0.4, -0.2) is 23.1 Å². The van der Waals surface area contributed by atoms with E-state index in [4.69, 9.17) is 4.74 Å². The smallest absolute Gasteiger partial charge is 0.408 e. The number of nitrogens with one attached hydrogen (secondary N) is 1. The number of phenolic OH excluding ortho intramolecular Hbond substituents is 1. The van der Waals surface area contributed by atoms with Gasteiger partial charge in [0.15, 0.2) is 0 Å². The molecular formula is C13H16BrNO4. The number of benzene rings is 1. The Kier molecular flexibility index (Phi) is 4.94. The van der Waals surface area contributed by atoms with E-state index in [1.165, 1.54) is 6.07 Å². The van der Waals surface area contributed by atoms with Crippen molar-refractivity contribution in [2.24, 2.45) is 0 Å². The first-order valence-corrected chi connectivity index (χ1v) is 6.46. The topological polar surface area (TPSA) is 75.6 Å². The number of carbonyl (C=O) groups is 2. The number of amides is 1. The molecule has 1 rings (SSSR count). The molecule has 1 aromatic rings. The average molecular weight is 330 g/mol. The molecule has 6 heteroatoms. The van der Waals surface area contributed by atoms with Gasteiger partial charge in [0.2, 0.25) is 0 Å². The second-order valence-corrected chi connectivity index (χ2v) is 5.79. The maximum atomic E-state index is 11.6. The van der Waals surface area contributed by atoms with E-state index in [9.17, 15) is 14.7 Å². The summed E-state index contributed by atoms with van der Waals surface area (Å²) in [6.07, 6.45) is -0.191. The zero-order valence-corrected chi connectivity index (χ0v) is 12.5. The van der Waals surface area contributed by atoms with Crippen LogP contribution in [0.2, 0.25) is 0 Å². The third kappa shape index (κ3) is 4.55. The van der Waals surface area contributed by atoms with Crippen LogP contribution < -0.4 is 5.32 Å². The molecule has 0 aliphatic carbocycles. The summed E-state index contributed by atoms with van der Waals surface area (Å²) in [6.45, 7) is 5.16. The summed E-state index contributed by atoms with van der Waals surface area (Å²) in [4.78, 5) is 22.7. The van der Waals surface area contributed by atoms with E-state index >= 15 is 0 Å². The molecule has 1 amide bonds. The van der Waals surface area contributed by atoms with Crippen LogP contribution in [0.5, 0.6) is 5.75 Å². The molecular weight excluding hydrogens is 314 g/mol. The zero-order chi connectivity index (χ0) is 14.6. The van der Waals surface area contributed by atoms with Crippen LogP contribution in [0.25, 0.3) is 0 Å². The van der Waals surface area contributed by atoms with Crippen LogP contribution in [0.1, 0.15) is 32.4 Å². The number of hydrogen-bond acceptors (Lipinski definition) is 4. The standard InChI is InChI=1S/C13H16BrNO4/c1-13(2,3)19-12(18)15-9(7-16)11-8(14)5-4-6-10(11)17/h4-7,9,17H,1-3H3,(H,15,18). The van der Waals surface area contributed by atoms with Crippen LogP contribution in [0.15, 0.2) is 22.7 Å². The minimum Gasteiger partial charge on any atom is -0.508 e. The van der Waals surface area contributed by atoms with Gasteiger partial charge >= 0.3 is 6.09 Å². The first-order valence-electron chi connectivity index (χ1n) is 5.67. The van der Waals surface area contributed by atoms with E-state index in [1.807, 2.05) is 0 Å². The van der Waals surface area contributed by atoms with Crippen LogP contribution in [0.3, 0.4) is 0 Å². The first-order chi connectivity index (χ1) is 8.74. The predicted molar refractivity (Wildman–Crippen MR) is 74.0 cm³/mol. The second kappa shape index (κ2) is 6.06. The number of hydrogen-bond donors (Lipinski definition) is 2. The molecule has 1 aromatic carbocycles. The Morgan fingerprint density at radius 1 is 1.47 bits per heavy atom. The van der Waals surface area contributed by atoms with Crippen molar-refractivity contribution in [1.82, 2.24) is 5.32 Å². The van der Waals surface area contributed by atoms with Crippen LogP contribution >= 0.6 is 15.9 Å². The highest BCUT2D eigenvalue weighted by Crippen LogP contribution is 2.30. The van der Waals surface area contributed by atoms with Crippen molar-refractivity contribution in [3.05, 3.63) is 28.2 Å². The van der Waals surface area contributed by atoms with Crippen molar-refractivity contribution in [3.8, 4) is 5.75 Å². The number of phenols is 1. The van der Waals surface area contributed by atoms with Crippen LogP contribution in [0.4, 0.5) is 4.79 Å². The van der Waals surface area contributed by atoms with E-state index in [0.29, 0.717) is 16.3 Å². The van der Waals surface area contributed by atoms with Gasteiger partial charge in [0, 0.05) is 10.0 Å². The fraction of sp³-hybridized carbons (Fsp3) is 0.385. The quantitative estimate of drug-likeness (QED) is 0.836. The third-order valence-corrected chi connectivity index (χ3v) is 2.84. The van der Waals surface area contributed by atoms with Gasteiger partial charge in [0.25, 0.3) is 0 Å². The molecule has 5 nitrogen and oxygen atoms in total. The summed E-state index contributed by atoms with van der Waals surface area (Å²) in [5, 5.41) is 12.2. The van der Waals surface area contributed by atoms with Gasteiger partial charge in [0.05, 0.1) is 0 Å². The minimum absolute atomic E-state index is 0.0810. The monoisotopic (exact) mass is 329 g/mol. The number of aromatic hydroxyl groups is 1. The minimum atomic E-state index is -0.981. The molecule has 19 heavy (non-hydrogen) atoms. The Labute approximate surface area is 120 Å². The number of aldehydes is 1. The lowest BCUT2D eigenvalue weighted by molar-refractivity contribution is -0.109. The van der Waals surface area contributed by atoms with Crippen molar-refractivity contribution in [1.29, 1.82) is 0 Å². The van der Waals surface area contributed by atoms with Crippen molar-refractivity contribution in [3.63, 3.8) is 0 Å². The highest BCUT2D eigenvalue weighted by Gasteiger charge is 2.23. The number of halogens is 1. The molecule has 1 atom stereocenters. The normalized spacial score (nSPS) is 12.6. The van der Waals surface area contributed by atoms with Crippen molar-refractivity contribution >= 4 is 28.3 Å². The fourth-order valence-corrected chi connectivity index (χ4v) is 2.04. The van der Waals surface area contributed by atoms with E-state index in [0.717, 1.165) is 0 Å². The fourth-order valence-electron chi connectivity index (χ4n) is 1.44. The summed E-state index contributed by atoms with van der Waals surface area (Å²) in [5.41, 5.74) is -0.364. The molecule has 0 aliphatic heterocycles. The van der Waals surface area contributed by atoms with Gasteiger partial charge in [-0.3, -0.25) is 0 Å². The Hall–Kier alpha value is -1.56. The molecule has 1 unspecified atom stereocenters. The van der Waals surface area contributed by atoms with E-state index < -0.39 is 17.7 Å². The summed E-state index contributed by atoms with van der Waals surface area (Å²) >= 11 is 3.23. The number of carbonyl (C=O) groups excluding carboxylic acids is 2. The molecule has 0 saturated heterocycles. The predicted octanol–water partition coefficient (Wildman–Crippen LogP) is 2.92. The molecule has 0 fully saturated rings. The lowest BCUT2D eigenvalue weighted by atomic mass is 10.1. The average Bonchev–Trinajstić information content (AvgIpc) is 2.24. The Morgan fingerprint density at radius 3 is 2.58 bits per heavy atom. The Bertz CT molecular complexity index is 462. The highest BCUT2D eigenvalue weighted by molar-refractivity contribution is 9.10. The summed E-state index contributed by atoms with van der Waals surface area (Å²) in [7, 11) is 0. The van der Waals surface area contributed by atoms with E-state index in [1.54, 1.807) is 32.9 Å². The summed E-state index contributed by atoms with van der Waals surface area (Å²) < 4.78 is 5.59. The molecule has 2 N–H and O–H groups in total. The largest absolute Gasteiger partial charge is 0.508 e. The Balaban J connectivity index is 2.91. The van der Waals surface area contributed by atoms with Gasteiger partial charge in [-0.25, -0.2) is 4.79 Å². The van der Waals surface area contributed by atoms with Gasteiger partial charge in [-0.15, -0.1) is 0 Å².